The molecule has 0 bridgehead atoms. The number of hydrogen-bond acceptors (Lipinski definition) is 4. The van der Waals surface area contributed by atoms with Crippen molar-refractivity contribution in [2.75, 3.05) is 14.1 Å². The molecule has 0 fully saturated rings. The van der Waals surface area contributed by atoms with Crippen molar-refractivity contribution >= 4 is 22.0 Å². The number of imidazole rings is 1. The average Bonchev–Trinajstić information content (AvgIpc) is 3.46. The molecule has 0 unspecified atom stereocenters. The quantitative estimate of drug-likeness (QED) is 0.252. The lowest BCUT2D eigenvalue weighted by molar-refractivity contribution is 0.624. The highest BCUT2D eigenvalue weighted by molar-refractivity contribution is 5.98. The van der Waals surface area contributed by atoms with Crippen molar-refractivity contribution in [3.8, 4) is 11.1 Å². The molecule has 7 heteroatoms. The lowest BCUT2D eigenvalue weighted by atomic mass is 9.99. The van der Waals surface area contributed by atoms with Crippen molar-refractivity contribution in [3.05, 3.63) is 108 Å². The molecule has 0 atom stereocenters. The highest BCUT2D eigenvalue weighted by Crippen LogP contribution is 2.33. The average molecular weight is 497 g/mol. The summed E-state index contributed by atoms with van der Waals surface area (Å²) in [5.74, 6) is 0.684. The van der Waals surface area contributed by atoms with Crippen LogP contribution in [0.5, 0.6) is 0 Å². The minimum Gasteiger partial charge on any atom is -0.388 e. The number of nitrogens with zero attached hydrogens (tertiary/aromatic N) is 3. The largest absolute Gasteiger partial charge is 0.388 e. The predicted molar refractivity (Wildman–Crippen MR) is 151 cm³/mol. The van der Waals surface area contributed by atoms with E-state index < -0.39 is 0 Å². The summed E-state index contributed by atoms with van der Waals surface area (Å²) in [7, 11) is 5.71. The van der Waals surface area contributed by atoms with Crippen LogP contribution in [0, 0.1) is 12.7 Å². The zero-order valence-corrected chi connectivity index (χ0v) is 22.0. The fraction of sp³-hybridized carbons (Fsp3) is 0.200. The fourth-order valence-corrected chi connectivity index (χ4v) is 4.38. The Bertz CT molecular complexity index is 1550. The van der Waals surface area contributed by atoms with Gasteiger partial charge in [0.1, 0.15) is 11.6 Å². The lowest BCUT2D eigenvalue weighted by Crippen LogP contribution is -2.08. The third-order valence-corrected chi connectivity index (χ3v) is 6.60. The molecule has 0 radical (unpaired) electrons. The molecule has 0 aliphatic carbocycles. The summed E-state index contributed by atoms with van der Waals surface area (Å²) in [6.45, 7) is 13.2. The number of rotatable bonds is 9. The van der Waals surface area contributed by atoms with Gasteiger partial charge in [0.05, 0.1) is 23.6 Å². The van der Waals surface area contributed by atoms with Gasteiger partial charge in [0.25, 0.3) is 0 Å². The summed E-state index contributed by atoms with van der Waals surface area (Å²) in [4.78, 5) is 12.2. The molecule has 0 aliphatic rings. The van der Waals surface area contributed by atoms with Crippen molar-refractivity contribution in [1.82, 2.24) is 30.2 Å². The second kappa shape index (κ2) is 10.8. The van der Waals surface area contributed by atoms with Gasteiger partial charge >= 0.3 is 0 Å². The molecule has 3 heterocycles. The van der Waals surface area contributed by atoms with Crippen LogP contribution in [0.1, 0.15) is 29.7 Å². The van der Waals surface area contributed by atoms with Gasteiger partial charge in [-0.2, -0.15) is 0 Å². The minimum absolute atomic E-state index is 0.276. The SMILES string of the molecule is C=C(C(=C)c1cc2c(-c3cc(F)cc(CNC)c3)cncc2[nH]1)/C(=C\C=C(/C)c1cnc(C)n1C)NC. The molecule has 0 saturated heterocycles. The van der Waals surface area contributed by atoms with Gasteiger partial charge in [-0.1, -0.05) is 19.2 Å². The second-order valence-electron chi connectivity index (χ2n) is 9.10. The molecule has 0 saturated carbocycles. The van der Waals surface area contributed by atoms with Gasteiger partial charge in [-0.15, -0.1) is 0 Å². The normalized spacial score (nSPS) is 12.3. The molecule has 3 aromatic heterocycles. The smallest absolute Gasteiger partial charge is 0.124 e. The van der Waals surface area contributed by atoms with Crippen LogP contribution in [0.3, 0.4) is 0 Å². The summed E-state index contributed by atoms with van der Waals surface area (Å²) < 4.78 is 16.4. The molecule has 1 aromatic carbocycles. The van der Waals surface area contributed by atoms with Crippen LogP contribution in [0.2, 0.25) is 0 Å². The summed E-state index contributed by atoms with van der Waals surface area (Å²) in [5.41, 5.74) is 8.67. The van der Waals surface area contributed by atoms with E-state index in [0.29, 0.717) is 6.54 Å². The molecule has 190 valence electrons. The first-order valence-corrected chi connectivity index (χ1v) is 12.1. The Kier molecular flexibility index (Phi) is 7.55. The summed E-state index contributed by atoms with van der Waals surface area (Å²) in [6.07, 6.45) is 9.45. The second-order valence-corrected chi connectivity index (χ2v) is 9.10. The van der Waals surface area contributed by atoms with Crippen LogP contribution < -0.4 is 10.6 Å². The number of halogens is 1. The van der Waals surface area contributed by atoms with E-state index in [0.717, 1.165) is 67.2 Å². The number of benzene rings is 1. The van der Waals surface area contributed by atoms with Crippen LogP contribution in [0.25, 0.3) is 33.2 Å². The number of likely N-dealkylation sites (N-methyl/N-ethyl adjacent to an activating group) is 1. The standard InChI is InChI=1S/C30H33FN6/c1-18(30-17-35-21(4)37(30)7)8-9-27(33-6)19(2)20(3)28-13-25-26(15-34-16-29(25)36-28)23-10-22(14-32-5)11-24(31)12-23/h8-13,15-17,32-33,36H,2-3,14H2,1,4-7H3/b18-8+,27-9+. The van der Waals surface area contributed by atoms with Crippen molar-refractivity contribution in [2.24, 2.45) is 7.05 Å². The molecular formula is C30H33FN6. The molecule has 3 N–H and O–H groups in total. The molecular weight excluding hydrogens is 463 g/mol. The Morgan fingerprint density at radius 3 is 2.57 bits per heavy atom. The minimum atomic E-state index is -0.276. The van der Waals surface area contributed by atoms with E-state index in [2.05, 4.69) is 50.2 Å². The van der Waals surface area contributed by atoms with Gasteiger partial charge in [-0.05, 0) is 79.1 Å². The third kappa shape index (κ3) is 5.32. The van der Waals surface area contributed by atoms with Gasteiger partial charge in [0, 0.05) is 49.2 Å². The van der Waals surface area contributed by atoms with Crippen molar-refractivity contribution in [3.63, 3.8) is 0 Å². The number of allylic oxidation sites excluding steroid dienone is 4. The molecule has 0 aliphatic heterocycles. The highest BCUT2D eigenvalue weighted by Gasteiger charge is 2.14. The topological polar surface area (TPSA) is 70.6 Å². The predicted octanol–water partition coefficient (Wildman–Crippen LogP) is 5.91. The number of nitrogens with one attached hydrogen (secondary N) is 3. The molecule has 4 rings (SSSR count). The number of aromatic amines is 1. The van der Waals surface area contributed by atoms with Crippen LogP contribution in [0.4, 0.5) is 4.39 Å². The fourth-order valence-electron chi connectivity index (χ4n) is 4.38. The Balaban J connectivity index is 1.66. The molecule has 0 spiro atoms. The first-order valence-electron chi connectivity index (χ1n) is 12.1. The molecule has 6 nitrogen and oxygen atoms in total. The lowest BCUT2D eigenvalue weighted by Gasteiger charge is -2.12. The Labute approximate surface area is 217 Å². The Morgan fingerprint density at radius 1 is 1.11 bits per heavy atom. The maximum atomic E-state index is 14.4. The van der Waals surface area contributed by atoms with Crippen LogP contribution in [-0.4, -0.2) is 33.6 Å². The number of H-pyrrole nitrogens is 1. The number of fused-ring (bicyclic) bond motifs is 1. The van der Waals surface area contributed by atoms with Crippen molar-refractivity contribution in [2.45, 2.75) is 20.4 Å². The van der Waals surface area contributed by atoms with Crippen LogP contribution in [0.15, 0.2) is 79.4 Å². The maximum Gasteiger partial charge on any atom is 0.124 e. The van der Waals surface area contributed by atoms with Gasteiger partial charge < -0.3 is 20.2 Å². The Morgan fingerprint density at radius 2 is 1.89 bits per heavy atom. The highest BCUT2D eigenvalue weighted by atomic mass is 19.1. The number of pyridine rings is 1. The zero-order valence-electron chi connectivity index (χ0n) is 22.0. The van der Waals surface area contributed by atoms with Gasteiger partial charge in [0.15, 0.2) is 0 Å². The van der Waals surface area contributed by atoms with Crippen molar-refractivity contribution in [1.29, 1.82) is 0 Å². The van der Waals surface area contributed by atoms with E-state index in [-0.39, 0.29) is 5.82 Å². The first-order chi connectivity index (χ1) is 17.7. The van der Waals surface area contributed by atoms with E-state index in [4.69, 9.17) is 0 Å². The van der Waals surface area contributed by atoms with E-state index >= 15 is 0 Å². The van der Waals surface area contributed by atoms with Gasteiger partial charge in [-0.3, -0.25) is 4.98 Å². The van der Waals surface area contributed by atoms with Gasteiger partial charge in [-0.25, -0.2) is 9.37 Å². The number of aromatic nitrogens is 4. The van der Waals surface area contributed by atoms with E-state index in [9.17, 15) is 4.39 Å². The third-order valence-electron chi connectivity index (χ3n) is 6.60. The van der Waals surface area contributed by atoms with Crippen LogP contribution in [-0.2, 0) is 13.6 Å². The van der Waals surface area contributed by atoms with E-state index in [1.54, 1.807) is 18.5 Å². The monoisotopic (exact) mass is 496 g/mol. The first kappa shape index (κ1) is 25.9. The van der Waals surface area contributed by atoms with Crippen molar-refractivity contribution < 1.29 is 4.39 Å². The maximum absolute atomic E-state index is 14.4. The number of hydrogen-bond donors (Lipinski definition) is 3. The van der Waals surface area contributed by atoms with Gasteiger partial charge in [0.2, 0.25) is 0 Å². The Hall–Kier alpha value is -4.23. The molecule has 37 heavy (non-hydrogen) atoms. The number of aryl methyl sites for hydroxylation is 1. The molecule has 4 aromatic rings. The summed E-state index contributed by atoms with van der Waals surface area (Å²) >= 11 is 0. The molecule has 0 amide bonds. The zero-order chi connectivity index (χ0) is 26.7. The summed E-state index contributed by atoms with van der Waals surface area (Å²) in [6, 6.07) is 7.08. The summed E-state index contributed by atoms with van der Waals surface area (Å²) in [5, 5.41) is 7.25. The van der Waals surface area contributed by atoms with Crippen LogP contribution >= 0.6 is 0 Å². The van der Waals surface area contributed by atoms with E-state index in [1.807, 2.05) is 58.5 Å². The van der Waals surface area contributed by atoms with E-state index in [1.165, 1.54) is 6.07 Å².